The molecule has 106 valence electrons. The quantitative estimate of drug-likeness (QED) is 0.815. The van der Waals surface area contributed by atoms with Crippen LogP contribution in [0.1, 0.15) is 28.6 Å². The summed E-state index contributed by atoms with van der Waals surface area (Å²) in [7, 11) is 0. The van der Waals surface area contributed by atoms with Crippen LogP contribution in [0.25, 0.3) is 0 Å². The van der Waals surface area contributed by atoms with Gasteiger partial charge in [-0.2, -0.15) is 0 Å². The van der Waals surface area contributed by atoms with Gasteiger partial charge in [0.05, 0.1) is 12.1 Å². The second-order valence-electron chi connectivity index (χ2n) is 4.35. The fourth-order valence-electron chi connectivity index (χ4n) is 1.80. The number of thiophene rings is 1. The summed E-state index contributed by atoms with van der Waals surface area (Å²) in [5.74, 6) is -0.0514. The van der Waals surface area contributed by atoms with Crippen LogP contribution in [0.3, 0.4) is 0 Å². The van der Waals surface area contributed by atoms with Crippen molar-refractivity contribution < 1.29 is 4.79 Å². The zero-order valence-electron chi connectivity index (χ0n) is 11.3. The van der Waals surface area contributed by atoms with Gasteiger partial charge in [-0.05, 0) is 45.9 Å². The van der Waals surface area contributed by atoms with Crippen molar-refractivity contribution in [3.63, 3.8) is 0 Å². The van der Waals surface area contributed by atoms with Gasteiger partial charge >= 0.3 is 0 Å². The third-order valence-electron chi connectivity index (χ3n) is 2.84. The van der Waals surface area contributed by atoms with Gasteiger partial charge in [0, 0.05) is 21.6 Å². The Kier molecular flexibility index (Phi) is 5.61. The molecule has 3 nitrogen and oxygen atoms in total. The van der Waals surface area contributed by atoms with Crippen LogP contribution < -0.4 is 10.6 Å². The lowest BCUT2D eigenvalue weighted by molar-refractivity contribution is 0.0952. The van der Waals surface area contributed by atoms with Crippen LogP contribution in [0.15, 0.2) is 40.2 Å². The first-order chi connectivity index (χ1) is 9.72. The van der Waals surface area contributed by atoms with Gasteiger partial charge in [0.2, 0.25) is 0 Å². The average molecular weight is 353 g/mol. The summed E-state index contributed by atoms with van der Waals surface area (Å²) in [5, 5.41) is 8.24. The molecule has 1 heterocycles. The van der Waals surface area contributed by atoms with Crippen molar-refractivity contribution in [2.45, 2.75) is 19.9 Å². The van der Waals surface area contributed by atoms with Gasteiger partial charge in [0.15, 0.2) is 0 Å². The monoisotopic (exact) mass is 352 g/mol. The van der Waals surface area contributed by atoms with Gasteiger partial charge in [0.25, 0.3) is 5.91 Å². The summed E-state index contributed by atoms with van der Waals surface area (Å²) in [5.41, 5.74) is 1.57. The van der Waals surface area contributed by atoms with Gasteiger partial charge in [-0.3, -0.25) is 4.79 Å². The molecule has 0 saturated carbocycles. The highest BCUT2D eigenvalue weighted by molar-refractivity contribution is 9.10. The summed E-state index contributed by atoms with van der Waals surface area (Å²) in [6.45, 7) is 3.50. The maximum atomic E-state index is 12.3. The van der Waals surface area contributed by atoms with Crippen LogP contribution in [-0.2, 0) is 6.54 Å². The van der Waals surface area contributed by atoms with E-state index in [9.17, 15) is 4.79 Å². The van der Waals surface area contributed by atoms with Gasteiger partial charge in [-0.25, -0.2) is 0 Å². The molecule has 2 N–H and O–H groups in total. The zero-order valence-corrected chi connectivity index (χ0v) is 13.7. The molecule has 0 fully saturated rings. The molecule has 2 rings (SSSR count). The minimum Gasteiger partial charge on any atom is -0.384 e. The van der Waals surface area contributed by atoms with Gasteiger partial charge < -0.3 is 10.6 Å². The number of carbonyl (C=O) groups excluding carboxylic acids is 1. The average Bonchev–Trinajstić information content (AvgIpc) is 2.88. The van der Waals surface area contributed by atoms with E-state index in [-0.39, 0.29) is 5.91 Å². The van der Waals surface area contributed by atoms with E-state index >= 15 is 0 Å². The Morgan fingerprint density at radius 3 is 2.80 bits per heavy atom. The molecule has 0 aliphatic rings. The minimum atomic E-state index is -0.0514. The van der Waals surface area contributed by atoms with E-state index in [0.29, 0.717) is 12.1 Å². The highest BCUT2D eigenvalue weighted by atomic mass is 79.9. The lowest BCUT2D eigenvalue weighted by Crippen LogP contribution is -2.23. The number of amides is 1. The fraction of sp³-hybridized carbons (Fsp3) is 0.267. The topological polar surface area (TPSA) is 41.1 Å². The second-order valence-corrected chi connectivity index (χ2v) is 6.20. The molecule has 0 bridgehead atoms. The first-order valence-electron chi connectivity index (χ1n) is 6.55. The van der Waals surface area contributed by atoms with E-state index in [1.165, 1.54) is 0 Å². The van der Waals surface area contributed by atoms with E-state index in [2.05, 4.69) is 33.5 Å². The predicted molar refractivity (Wildman–Crippen MR) is 88.4 cm³/mol. The fourth-order valence-corrected chi connectivity index (χ4v) is 3.23. The normalized spacial score (nSPS) is 10.3. The molecule has 1 amide bonds. The van der Waals surface area contributed by atoms with Crippen molar-refractivity contribution in [2.24, 2.45) is 0 Å². The summed E-state index contributed by atoms with van der Waals surface area (Å²) >= 11 is 5.10. The van der Waals surface area contributed by atoms with E-state index in [1.54, 1.807) is 11.3 Å². The first kappa shape index (κ1) is 15.1. The molecule has 0 atom stereocenters. The van der Waals surface area contributed by atoms with Crippen LogP contribution in [0.2, 0.25) is 0 Å². The molecule has 0 aliphatic carbocycles. The zero-order chi connectivity index (χ0) is 14.4. The van der Waals surface area contributed by atoms with Crippen LogP contribution in [0.4, 0.5) is 5.69 Å². The molecule has 0 radical (unpaired) electrons. The van der Waals surface area contributed by atoms with Gasteiger partial charge in [0.1, 0.15) is 0 Å². The Hall–Kier alpha value is -1.33. The molecule has 0 saturated heterocycles. The highest BCUT2D eigenvalue weighted by Crippen LogP contribution is 2.22. The Morgan fingerprint density at radius 1 is 1.30 bits per heavy atom. The highest BCUT2D eigenvalue weighted by Gasteiger charge is 2.11. The standard InChI is InChI=1S/C15H17BrN2OS/c1-2-8-17-13-6-4-3-5-11(13)15(19)18-10-14-12(16)7-9-20-14/h3-7,9,17H,2,8,10H2,1H3,(H,18,19). The van der Waals surface area contributed by atoms with Gasteiger partial charge in [-0.15, -0.1) is 11.3 Å². The van der Waals surface area contributed by atoms with Crippen molar-refractivity contribution in [1.82, 2.24) is 5.32 Å². The number of nitrogens with one attached hydrogen (secondary N) is 2. The van der Waals surface area contributed by atoms with Crippen molar-refractivity contribution in [1.29, 1.82) is 0 Å². The Morgan fingerprint density at radius 2 is 2.10 bits per heavy atom. The predicted octanol–water partition coefficient (Wildman–Crippen LogP) is 4.26. The lowest BCUT2D eigenvalue weighted by Gasteiger charge is -2.11. The minimum absolute atomic E-state index is 0.0514. The van der Waals surface area contributed by atoms with Crippen LogP contribution in [-0.4, -0.2) is 12.5 Å². The number of benzene rings is 1. The summed E-state index contributed by atoms with van der Waals surface area (Å²) in [6.07, 6.45) is 1.03. The van der Waals surface area contributed by atoms with E-state index in [0.717, 1.165) is 28.0 Å². The number of halogens is 1. The van der Waals surface area contributed by atoms with Crippen molar-refractivity contribution in [2.75, 3.05) is 11.9 Å². The molecule has 0 unspecified atom stereocenters. The van der Waals surface area contributed by atoms with E-state index < -0.39 is 0 Å². The maximum absolute atomic E-state index is 12.3. The molecule has 5 heteroatoms. The molecule has 0 aliphatic heterocycles. The van der Waals surface area contributed by atoms with E-state index in [4.69, 9.17) is 0 Å². The molecule has 1 aromatic carbocycles. The largest absolute Gasteiger partial charge is 0.384 e. The van der Waals surface area contributed by atoms with Gasteiger partial charge in [-0.1, -0.05) is 19.1 Å². The number of carbonyl (C=O) groups is 1. The lowest BCUT2D eigenvalue weighted by atomic mass is 10.1. The summed E-state index contributed by atoms with van der Waals surface area (Å²) in [6, 6.07) is 9.59. The Labute approximate surface area is 131 Å². The maximum Gasteiger partial charge on any atom is 0.253 e. The van der Waals surface area contributed by atoms with Crippen LogP contribution in [0, 0.1) is 0 Å². The Balaban J connectivity index is 2.03. The molecular formula is C15H17BrN2OS. The third-order valence-corrected chi connectivity index (χ3v) is 4.76. The Bertz CT molecular complexity index is 583. The second kappa shape index (κ2) is 7.45. The van der Waals surface area contributed by atoms with Crippen molar-refractivity contribution in [3.8, 4) is 0 Å². The summed E-state index contributed by atoms with van der Waals surface area (Å²) in [4.78, 5) is 13.4. The number of anilines is 1. The number of hydrogen-bond acceptors (Lipinski definition) is 3. The van der Waals surface area contributed by atoms with Crippen LogP contribution >= 0.6 is 27.3 Å². The molecule has 20 heavy (non-hydrogen) atoms. The number of hydrogen-bond donors (Lipinski definition) is 2. The van der Waals surface area contributed by atoms with Crippen molar-refractivity contribution in [3.05, 3.63) is 50.6 Å². The molecule has 1 aromatic heterocycles. The first-order valence-corrected chi connectivity index (χ1v) is 8.22. The molecular weight excluding hydrogens is 336 g/mol. The molecule has 2 aromatic rings. The van der Waals surface area contributed by atoms with Crippen LogP contribution in [0.5, 0.6) is 0 Å². The number of para-hydroxylation sites is 1. The smallest absolute Gasteiger partial charge is 0.253 e. The van der Waals surface area contributed by atoms with E-state index in [1.807, 2.05) is 35.7 Å². The SMILES string of the molecule is CCCNc1ccccc1C(=O)NCc1sccc1Br. The third kappa shape index (κ3) is 3.84. The summed E-state index contributed by atoms with van der Waals surface area (Å²) < 4.78 is 1.04. The molecule has 0 spiro atoms. The van der Waals surface area contributed by atoms with Crippen molar-refractivity contribution >= 4 is 38.9 Å². The number of rotatable bonds is 6.